The van der Waals surface area contributed by atoms with Crippen LogP contribution in [0.1, 0.15) is 12.3 Å². The van der Waals surface area contributed by atoms with E-state index in [1.165, 1.54) is 0 Å². The van der Waals surface area contributed by atoms with E-state index in [0.29, 0.717) is 24.6 Å². The molecule has 0 bridgehead atoms. The minimum Gasteiger partial charge on any atom is -0.396 e. The predicted molar refractivity (Wildman–Crippen MR) is 70.4 cm³/mol. The second-order valence-electron chi connectivity index (χ2n) is 4.22. The van der Waals surface area contributed by atoms with Gasteiger partial charge in [-0.15, -0.1) is 0 Å². The number of fused-ring (bicyclic) bond motifs is 1. The maximum Gasteiger partial charge on any atom is 0.227 e. The van der Waals surface area contributed by atoms with Crippen LogP contribution >= 0.6 is 0 Å². The number of pyridine rings is 1. The summed E-state index contributed by atoms with van der Waals surface area (Å²) in [5, 5.41) is 14.8. The lowest BCUT2D eigenvalue weighted by Gasteiger charge is -2.00. The number of benzene rings is 1. The molecule has 0 amide bonds. The molecule has 0 atom stereocenters. The zero-order valence-corrected chi connectivity index (χ0v) is 10.3. The van der Waals surface area contributed by atoms with Crippen LogP contribution in [0.3, 0.4) is 0 Å². The first kappa shape index (κ1) is 11.8. The van der Waals surface area contributed by atoms with E-state index in [9.17, 15) is 0 Å². The van der Waals surface area contributed by atoms with Gasteiger partial charge in [-0.05, 0) is 17.9 Å². The van der Waals surface area contributed by atoms with Gasteiger partial charge in [-0.3, -0.25) is 4.98 Å². The van der Waals surface area contributed by atoms with E-state index in [4.69, 9.17) is 9.63 Å². The van der Waals surface area contributed by atoms with Crippen LogP contribution in [0.25, 0.3) is 22.3 Å². The van der Waals surface area contributed by atoms with E-state index in [-0.39, 0.29) is 6.61 Å². The van der Waals surface area contributed by atoms with Crippen molar-refractivity contribution in [2.45, 2.75) is 12.8 Å². The highest BCUT2D eigenvalue weighted by Gasteiger charge is 2.12. The van der Waals surface area contributed by atoms with Crippen molar-refractivity contribution < 1.29 is 9.63 Å². The lowest BCUT2D eigenvalue weighted by molar-refractivity contribution is 0.278. The van der Waals surface area contributed by atoms with Crippen molar-refractivity contribution in [3.05, 3.63) is 42.4 Å². The lowest BCUT2D eigenvalue weighted by atomic mass is 10.1. The molecular formula is C14H13N3O2. The Balaban J connectivity index is 2.02. The minimum atomic E-state index is 0.115. The van der Waals surface area contributed by atoms with Gasteiger partial charge in [0, 0.05) is 24.6 Å². The number of aliphatic hydroxyl groups excluding tert-OH is 1. The van der Waals surface area contributed by atoms with Gasteiger partial charge in [-0.2, -0.15) is 4.98 Å². The highest BCUT2D eigenvalue weighted by atomic mass is 16.5. The number of nitrogens with zero attached hydrogens (tertiary/aromatic N) is 3. The van der Waals surface area contributed by atoms with Gasteiger partial charge in [0.1, 0.15) is 5.69 Å². The topological polar surface area (TPSA) is 72.0 Å². The Hall–Kier alpha value is -2.27. The molecule has 0 aliphatic heterocycles. The van der Waals surface area contributed by atoms with Crippen molar-refractivity contribution in [1.29, 1.82) is 0 Å². The van der Waals surface area contributed by atoms with Gasteiger partial charge in [-0.25, -0.2) is 0 Å². The van der Waals surface area contributed by atoms with Crippen LogP contribution in [0.2, 0.25) is 0 Å². The first-order chi connectivity index (χ1) is 9.38. The summed E-state index contributed by atoms with van der Waals surface area (Å²) in [7, 11) is 0. The zero-order valence-electron chi connectivity index (χ0n) is 10.3. The summed E-state index contributed by atoms with van der Waals surface area (Å²) < 4.78 is 5.16. The van der Waals surface area contributed by atoms with Gasteiger partial charge in [-0.1, -0.05) is 29.4 Å². The van der Waals surface area contributed by atoms with E-state index in [2.05, 4.69) is 15.1 Å². The molecule has 0 saturated carbocycles. The molecular weight excluding hydrogens is 242 g/mol. The molecule has 0 fully saturated rings. The minimum absolute atomic E-state index is 0.115. The maximum absolute atomic E-state index is 8.79. The third kappa shape index (κ3) is 2.32. The van der Waals surface area contributed by atoms with Crippen LogP contribution in [-0.2, 0) is 6.42 Å². The number of rotatable bonds is 4. The molecule has 2 heterocycles. The molecule has 0 radical (unpaired) electrons. The molecule has 5 heteroatoms. The van der Waals surface area contributed by atoms with Crippen molar-refractivity contribution in [1.82, 2.24) is 15.1 Å². The third-order valence-corrected chi connectivity index (χ3v) is 2.90. The van der Waals surface area contributed by atoms with Crippen molar-refractivity contribution in [2.75, 3.05) is 6.61 Å². The second-order valence-corrected chi connectivity index (χ2v) is 4.22. The molecule has 19 heavy (non-hydrogen) atoms. The standard InChI is InChI=1S/C14H13N3O2/c18-9-3-6-12-16-14(17-19-12)13-11-5-2-1-4-10(11)7-8-15-13/h1-2,4-5,7-8,18H,3,6,9H2. The van der Waals surface area contributed by atoms with E-state index < -0.39 is 0 Å². The molecule has 0 spiro atoms. The first-order valence-corrected chi connectivity index (χ1v) is 6.16. The molecule has 1 N–H and O–H groups in total. The first-order valence-electron chi connectivity index (χ1n) is 6.16. The van der Waals surface area contributed by atoms with Crippen LogP contribution in [0, 0.1) is 0 Å². The summed E-state index contributed by atoms with van der Waals surface area (Å²) >= 11 is 0. The van der Waals surface area contributed by atoms with Gasteiger partial charge >= 0.3 is 0 Å². The molecule has 0 aliphatic carbocycles. The highest BCUT2D eigenvalue weighted by molar-refractivity contribution is 5.92. The summed E-state index contributed by atoms with van der Waals surface area (Å²) in [6, 6.07) is 9.90. The molecule has 3 aromatic rings. The number of aryl methyl sites for hydroxylation is 1. The van der Waals surface area contributed by atoms with Crippen LogP contribution in [0.5, 0.6) is 0 Å². The van der Waals surface area contributed by atoms with E-state index >= 15 is 0 Å². The Morgan fingerprint density at radius 3 is 2.95 bits per heavy atom. The Morgan fingerprint density at radius 2 is 2.05 bits per heavy atom. The van der Waals surface area contributed by atoms with E-state index in [1.807, 2.05) is 30.3 Å². The summed E-state index contributed by atoms with van der Waals surface area (Å²) in [5.41, 5.74) is 0.720. The average molecular weight is 255 g/mol. The average Bonchev–Trinajstić information content (AvgIpc) is 2.93. The quantitative estimate of drug-likeness (QED) is 0.773. The van der Waals surface area contributed by atoms with Gasteiger partial charge < -0.3 is 9.63 Å². The monoisotopic (exact) mass is 255 g/mol. The van der Waals surface area contributed by atoms with Crippen LogP contribution < -0.4 is 0 Å². The number of aromatic nitrogens is 3. The highest BCUT2D eigenvalue weighted by Crippen LogP contribution is 2.24. The summed E-state index contributed by atoms with van der Waals surface area (Å²) in [5.74, 6) is 1.02. The second kappa shape index (κ2) is 5.16. The summed E-state index contributed by atoms with van der Waals surface area (Å²) in [6.07, 6.45) is 2.93. The number of aliphatic hydroxyl groups is 1. The molecule has 0 saturated heterocycles. The molecule has 3 rings (SSSR count). The van der Waals surface area contributed by atoms with Gasteiger partial charge in [0.05, 0.1) is 0 Å². The largest absolute Gasteiger partial charge is 0.396 e. The SMILES string of the molecule is OCCCc1nc(-c2nccc3ccccc23)no1. The fraction of sp³-hybridized carbons (Fsp3) is 0.214. The Bertz CT molecular complexity index is 688. The van der Waals surface area contributed by atoms with Crippen molar-refractivity contribution in [3.8, 4) is 11.5 Å². The van der Waals surface area contributed by atoms with Crippen LogP contribution in [0.4, 0.5) is 0 Å². The number of hydrogen-bond donors (Lipinski definition) is 1. The lowest BCUT2D eigenvalue weighted by Crippen LogP contribution is -1.91. The maximum atomic E-state index is 8.79. The van der Waals surface area contributed by atoms with Crippen molar-refractivity contribution >= 4 is 10.8 Å². The zero-order chi connectivity index (χ0) is 13.1. The van der Waals surface area contributed by atoms with Crippen LogP contribution in [0.15, 0.2) is 41.1 Å². The van der Waals surface area contributed by atoms with Gasteiger partial charge in [0.2, 0.25) is 11.7 Å². The van der Waals surface area contributed by atoms with E-state index in [1.54, 1.807) is 6.20 Å². The van der Waals surface area contributed by atoms with Crippen LogP contribution in [-0.4, -0.2) is 26.8 Å². The Labute approximate surface area is 109 Å². The van der Waals surface area contributed by atoms with Gasteiger partial charge in [0.15, 0.2) is 0 Å². The summed E-state index contributed by atoms with van der Waals surface area (Å²) in [4.78, 5) is 8.65. The number of hydrogen-bond acceptors (Lipinski definition) is 5. The molecule has 0 unspecified atom stereocenters. The van der Waals surface area contributed by atoms with Gasteiger partial charge in [0.25, 0.3) is 0 Å². The molecule has 1 aromatic carbocycles. The Kier molecular flexibility index (Phi) is 3.20. The predicted octanol–water partition coefficient (Wildman–Crippen LogP) is 2.21. The van der Waals surface area contributed by atoms with Crippen molar-refractivity contribution in [2.24, 2.45) is 0 Å². The molecule has 0 aliphatic rings. The van der Waals surface area contributed by atoms with Crippen molar-refractivity contribution in [3.63, 3.8) is 0 Å². The normalized spacial score (nSPS) is 11.0. The molecule has 2 aromatic heterocycles. The Morgan fingerprint density at radius 1 is 1.16 bits per heavy atom. The molecule has 96 valence electrons. The third-order valence-electron chi connectivity index (χ3n) is 2.90. The fourth-order valence-electron chi connectivity index (χ4n) is 1.98. The smallest absolute Gasteiger partial charge is 0.227 e. The molecule has 5 nitrogen and oxygen atoms in total. The summed E-state index contributed by atoms with van der Waals surface area (Å²) in [6.45, 7) is 0.115. The fourth-order valence-corrected chi connectivity index (χ4v) is 1.98. The van der Waals surface area contributed by atoms with E-state index in [0.717, 1.165) is 16.5 Å².